The SMILES string of the molecule is Nc1ccc(F)cc1.O=C(O)C=CC(=O)O. The zero-order chi connectivity index (χ0) is 12.6. The van der Waals surface area contributed by atoms with E-state index in [1.807, 2.05) is 0 Å². The van der Waals surface area contributed by atoms with Crippen molar-refractivity contribution in [3.8, 4) is 0 Å². The first kappa shape index (κ1) is 13.6. The summed E-state index contributed by atoms with van der Waals surface area (Å²) in [6.07, 6.45) is 1.12. The third kappa shape index (κ3) is 8.24. The summed E-state index contributed by atoms with van der Waals surface area (Å²) in [5, 5.41) is 15.6. The fourth-order valence-electron chi connectivity index (χ4n) is 0.605. The quantitative estimate of drug-likeness (QED) is 0.519. The van der Waals surface area contributed by atoms with Gasteiger partial charge in [0.05, 0.1) is 0 Å². The van der Waals surface area contributed by atoms with Gasteiger partial charge in [-0.1, -0.05) is 0 Å². The summed E-state index contributed by atoms with van der Waals surface area (Å²) in [5.41, 5.74) is 5.85. The van der Waals surface area contributed by atoms with E-state index in [1.165, 1.54) is 24.3 Å². The van der Waals surface area contributed by atoms with Gasteiger partial charge < -0.3 is 15.9 Å². The lowest BCUT2D eigenvalue weighted by Crippen LogP contribution is -1.91. The molecule has 0 fully saturated rings. The van der Waals surface area contributed by atoms with Gasteiger partial charge >= 0.3 is 11.9 Å². The van der Waals surface area contributed by atoms with Crippen molar-refractivity contribution in [2.24, 2.45) is 0 Å². The monoisotopic (exact) mass is 227 g/mol. The van der Waals surface area contributed by atoms with Crippen LogP contribution in [0.5, 0.6) is 0 Å². The van der Waals surface area contributed by atoms with Crippen LogP contribution in [0.4, 0.5) is 10.1 Å². The zero-order valence-corrected chi connectivity index (χ0v) is 8.13. The maximum Gasteiger partial charge on any atom is 0.328 e. The highest BCUT2D eigenvalue weighted by Gasteiger charge is 1.88. The van der Waals surface area contributed by atoms with Gasteiger partial charge in [0.2, 0.25) is 0 Å². The minimum Gasteiger partial charge on any atom is -0.478 e. The Morgan fingerprint density at radius 1 is 1.06 bits per heavy atom. The van der Waals surface area contributed by atoms with Crippen molar-refractivity contribution in [3.63, 3.8) is 0 Å². The number of aliphatic carboxylic acids is 2. The molecule has 0 saturated heterocycles. The minimum atomic E-state index is -1.26. The molecule has 0 aliphatic heterocycles. The second-order valence-corrected chi connectivity index (χ2v) is 2.56. The molecule has 1 rings (SSSR count). The number of carboxylic acids is 2. The third-order valence-electron chi connectivity index (χ3n) is 1.24. The van der Waals surface area contributed by atoms with Crippen molar-refractivity contribution in [1.29, 1.82) is 0 Å². The largest absolute Gasteiger partial charge is 0.478 e. The van der Waals surface area contributed by atoms with E-state index in [1.54, 1.807) is 0 Å². The molecule has 0 aromatic heterocycles. The molecule has 0 amide bonds. The average molecular weight is 227 g/mol. The molecule has 5 nitrogen and oxygen atoms in total. The summed E-state index contributed by atoms with van der Waals surface area (Å²) < 4.78 is 12.0. The van der Waals surface area contributed by atoms with Crippen molar-refractivity contribution in [2.45, 2.75) is 0 Å². The first-order valence-electron chi connectivity index (χ1n) is 4.07. The zero-order valence-electron chi connectivity index (χ0n) is 8.13. The van der Waals surface area contributed by atoms with E-state index in [2.05, 4.69) is 0 Å². The lowest BCUT2D eigenvalue weighted by molar-refractivity contribution is -0.134. The first-order valence-corrected chi connectivity index (χ1v) is 4.07. The Morgan fingerprint density at radius 3 is 1.69 bits per heavy atom. The lowest BCUT2D eigenvalue weighted by atomic mass is 10.3. The molecular formula is C10H10FNO4. The van der Waals surface area contributed by atoms with Crippen LogP contribution in [-0.4, -0.2) is 22.2 Å². The first-order chi connectivity index (χ1) is 7.41. The molecule has 0 aliphatic carbocycles. The van der Waals surface area contributed by atoms with Crippen LogP contribution in [0.3, 0.4) is 0 Å². The van der Waals surface area contributed by atoms with Gasteiger partial charge in [-0.15, -0.1) is 0 Å². The second-order valence-electron chi connectivity index (χ2n) is 2.56. The Bertz CT molecular complexity index is 349. The highest BCUT2D eigenvalue weighted by molar-refractivity contribution is 5.89. The van der Waals surface area contributed by atoms with Crippen LogP contribution in [0, 0.1) is 5.82 Å². The summed E-state index contributed by atoms with van der Waals surface area (Å²) in [7, 11) is 0. The summed E-state index contributed by atoms with van der Waals surface area (Å²) in [5.74, 6) is -2.76. The van der Waals surface area contributed by atoms with Gasteiger partial charge in [-0.3, -0.25) is 0 Å². The van der Waals surface area contributed by atoms with Gasteiger partial charge in [0.15, 0.2) is 0 Å². The molecule has 0 unspecified atom stereocenters. The number of hydrogen-bond acceptors (Lipinski definition) is 3. The minimum absolute atomic E-state index is 0.251. The van der Waals surface area contributed by atoms with Gasteiger partial charge in [0.25, 0.3) is 0 Å². The smallest absolute Gasteiger partial charge is 0.328 e. The van der Waals surface area contributed by atoms with Gasteiger partial charge in [-0.25, -0.2) is 14.0 Å². The Labute approximate surface area is 90.6 Å². The summed E-state index contributed by atoms with van der Waals surface area (Å²) in [4.78, 5) is 19.1. The lowest BCUT2D eigenvalue weighted by Gasteiger charge is -1.87. The summed E-state index contributed by atoms with van der Waals surface area (Å²) in [6, 6.07) is 5.70. The predicted molar refractivity (Wildman–Crippen MR) is 55.2 cm³/mol. The molecule has 0 aliphatic rings. The summed E-state index contributed by atoms with van der Waals surface area (Å²) >= 11 is 0. The predicted octanol–water partition coefficient (Wildman–Crippen LogP) is 1.12. The Morgan fingerprint density at radius 2 is 1.44 bits per heavy atom. The van der Waals surface area contributed by atoms with Crippen molar-refractivity contribution in [2.75, 3.05) is 5.73 Å². The highest BCUT2D eigenvalue weighted by atomic mass is 19.1. The van der Waals surface area contributed by atoms with Crippen LogP contribution < -0.4 is 5.73 Å². The number of rotatable bonds is 2. The molecule has 1 aromatic rings. The van der Waals surface area contributed by atoms with Gasteiger partial charge in [-0.2, -0.15) is 0 Å². The molecule has 0 atom stereocenters. The number of hydrogen-bond donors (Lipinski definition) is 3. The van der Waals surface area contributed by atoms with Crippen LogP contribution in [0.1, 0.15) is 0 Å². The van der Waals surface area contributed by atoms with Crippen LogP contribution in [0.25, 0.3) is 0 Å². The van der Waals surface area contributed by atoms with E-state index in [4.69, 9.17) is 15.9 Å². The number of benzene rings is 1. The number of carboxylic acid groups (broad SMARTS) is 2. The van der Waals surface area contributed by atoms with Crippen LogP contribution >= 0.6 is 0 Å². The number of halogens is 1. The standard InChI is InChI=1S/C6H6FN.C4H4O4/c7-5-1-3-6(8)4-2-5;5-3(6)1-2-4(7)8/h1-4H,8H2;1-2H,(H,5,6)(H,7,8). The van der Waals surface area contributed by atoms with Crippen molar-refractivity contribution in [1.82, 2.24) is 0 Å². The average Bonchev–Trinajstić information content (AvgIpc) is 2.20. The number of carbonyl (C=O) groups is 2. The Balaban J connectivity index is 0.000000281. The van der Waals surface area contributed by atoms with Crippen molar-refractivity contribution in [3.05, 3.63) is 42.2 Å². The molecule has 0 saturated carbocycles. The van der Waals surface area contributed by atoms with Gasteiger partial charge in [0.1, 0.15) is 5.82 Å². The maximum absolute atomic E-state index is 12.0. The molecule has 0 spiro atoms. The fraction of sp³-hybridized carbons (Fsp3) is 0. The van der Waals surface area contributed by atoms with Crippen molar-refractivity contribution >= 4 is 17.6 Å². The molecule has 0 heterocycles. The Kier molecular flexibility index (Phi) is 5.96. The fourth-order valence-corrected chi connectivity index (χ4v) is 0.605. The van der Waals surface area contributed by atoms with E-state index < -0.39 is 11.9 Å². The van der Waals surface area contributed by atoms with E-state index in [9.17, 15) is 14.0 Å². The summed E-state index contributed by atoms with van der Waals surface area (Å²) in [6.45, 7) is 0. The molecule has 0 radical (unpaired) electrons. The maximum atomic E-state index is 12.0. The molecule has 1 aromatic carbocycles. The van der Waals surface area contributed by atoms with Gasteiger partial charge in [-0.05, 0) is 24.3 Å². The number of anilines is 1. The van der Waals surface area contributed by atoms with Crippen molar-refractivity contribution < 1.29 is 24.2 Å². The number of nitrogens with two attached hydrogens (primary N) is 1. The second kappa shape index (κ2) is 6.99. The molecular weight excluding hydrogens is 217 g/mol. The van der Waals surface area contributed by atoms with Crippen LogP contribution in [-0.2, 0) is 9.59 Å². The molecule has 16 heavy (non-hydrogen) atoms. The van der Waals surface area contributed by atoms with E-state index in [0.717, 1.165) is 0 Å². The van der Waals surface area contributed by atoms with Crippen LogP contribution in [0.2, 0.25) is 0 Å². The van der Waals surface area contributed by atoms with Gasteiger partial charge in [0, 0.05) is 17.8 Å². The normalized spacial score (nSPS) is 9.31. The topological polar surface area (TPSA) is 101 Å². The molecule has 0 bridgehead atoms. The third-order valence-corrected chi connectivity index (χ3v) is 1.24. The molecule has 6 heteroatoms. The molecule has 4 N–H and O–H groups in total. The van der Waals surface area contributed by atoms with Crippen LogP contribution in [0.15, 0.2) is 36.4 Å². The van der Waals surface area contributed by atoms with E-state index in [0.29, 0.717) is 17.8 Å². The van der Waals surface area contributed by atoms with E-state index in [-0.39, 0.29) is 5.82 Å². The molecule has 86 valence electrons. The van der Waals surface area contributed by atoms with E-state index >= 15 is 0 Å². The number of nitrogen functional groups attached to an aromatic ring is 1. The Hall–Kier alpha value is -2.37. The highest BCUT2D eigenvalue weighted by Crippen LogP contribution is 2.01.